The normalized spacial score (nSPS) is 16.0. The van der Waals surface area contributed by atoms with Crippen LogP contribution in [0.3, 0.4) is 0 Å². The minimum absolute atomic E-state index is 0.0509. The summed E-state index contributed by atoms with van der Waals surface area (Å²) in [6.07, 6.45) is 4.19. The first kappa shape index (κ1) is 20.5. The fraction of sp³-hybridized carbons (Fsp3) is 0.391. The Morgan fingerprint density at radius 2 is 2.16 bits per heavy atom. The third kappa shape index (κ3) is 3.72. The van der Waals surface area contributed by atoms with Gasteiger partial charge in [0, 0.05) is 17.0 Å². The number of nitrogens with zero attached hydrogens (tertiary/aromatic N) is 4. The van der Waals surface area contributed by atoms with Gasteiger partial charge in [0.1, 0.15) is 10.7 Å². The highest BCUT2D eigenvalue weighted by Crippen LogP contribution is 2.39. The summed E-state index contributed by atoms with van der Waals surface area (Å²) in [5.74, 6) is 1.89. The summed E-state index contributed by atoms with van der Waals surface area (Å²) in [6.45, 7) is 6.41. The number of rotatable bonds is 5. The molecule has 3 aromatic heterocycles. The van der Waals surface area contributed by atoms with Crippen LogP contribution < -0.4 is 5.32 Å². The minimum atomic E-state index is -0.0509. The van der Waals surface area contributed by atoms with Crippen molar-refractivity contribution in [1.82, 2.24) is 19.6 Å². The Hall–Kier alpha value is -2.45. The van der Waals surface area contributed by atoms with E-state index in [0.29, 0.717) is 0 Å². The summed E-state index contributed by atoms with van der Waals surface area (Å²) >= 11 is 3.22. The molecule has 31 heavy (non-hydrogen) atoms. The molecule has 1 unspecified atom stereocenters. The van der Waals surface area contributed by atoms with Gasteiger partial charge in [-0.05, 0) is 49.3 Å². The molecule has 160 valence electrons. The molecule has 1 atom stereocenters. The Morgan fingerprint density at radius 1 is 1.32 bits per heavy atom. The average molecular weight is 452 g/mol. The molecule has 1 aliphatic rings. The highest BCUT2D eigenvalue weighted by Gasteiger charge is 2.25. The Morgan fingerprint density at radius 3 is 2.97 bits per heavy atom. The van der Waals surface area contributed by atoms with E-state index in [1.807, 2.05) is 42.5 Å². The monoisotopic (exact) mass is 451 g/mol. The number of fused-ring (bicyclic) bond motifs is 5. The molecule has 5 rings (SSSR count). The van der Waals surface area contributed by atoms with Crippen LogP contribution in [0.2, 0.25) is 0 Å². The van der Waals surface area contributed by atoms with E-state index in [1.165, 1.54) is 28.6 Å². The molecule has 1 aliphatic carbocycles. The van der Waals surface area contributed by atoms with Gasteiger partial charge in [-0.25, -0.2) is 4.98 Å². The maximum absolute atomic E-state index is 12.5. The number of thioether (sulfide) groups is 1. The molecule has 1 N–H and O–H groups in total. The van der Waals surface area contributed by atoms with Crippen LogP contribution in [0.4, 0.5) is 5.69 Å². The molecule has 0 spiro atoms. The molecule has 0 saturated heterocycles. The Bertz CT molecular complexity index is 1290. The SMILES string of the molecule is CCc1nc2sc3c(c2c2nnc(SCC(=O)Nc4ccccc4C)n12)CCC(C)C3. The third-order valence-electron chi connectivity index (χ3n) is 5.91. The Labute approximate surface area is 189 Å². The van der Waals surface area contributed by atoms with Gasteiger partial charge in [-0.15, -0.1) is 21.5 Å². The summed E-state index contributed by atoms with van der Waals surface area (Å²) < 4.78 is 2.05. The van der Waals surface area contributed by atoms with Crippen molar-refractivity contribution < 1.29 is 4.79 Å². The molecule has 0 saturated carbocycles. The number of amides is 1. The first-order valence-corrected chi connectivity index (χ1v) is 12.5. The zero-order chi connectivity index (χ0) is 21.5. The molecular formula is C23H25N5OS2. The second-order valence-corrected chi connectivity index (χ2v) is 10.2. The third-order valence-corrected chi connectivity index (χ3v) is 7.98. The van der Waals surface area contributed by atoms with Crippen molar-refractivity contribution in [3.8, 4) is 0 Å². The molecule has 0 fully saturated rings. The van der Waals surface area contributed by atoms with Crippen LogP contribution in [0.15, 0.2) is 29.4 Å². The van der Waals surface area contributed by atoms with Crippen molar-refractivity contribution in [2.24, 2.45) is 5.92 Å². The fourth-order valence-corrected chi connectivity index (χ4v) is 6.39. The molecule has 1 aromatic carbocycles. The maximum atomic E-state index is 12.5. The van der Waals surface area contributed by atoms with Gasteiger partial charge in [0.05, 0.1) is 11.1 Å². The number of anilines is 1. The predicted molar refractivity (Wildman–Crippen MR) is 127 cm³/mol. The molecule has 0 aliphatic heterocycles. The zero-order valence-electron chi connectivity index (χ0n) is 17.9. The zero-order valence-corrected chi connectivity index (χ0v) is 19.6. The molecule has 0 bridgehead atoms. The van der Waals surface area contributed by atoms with Gasteiger partial charge in [0.25, 0.3) is 0 Å². The fourth-order valence-electron chi connectivity index (χ4n) is 4.24. The van der Waals surface area contributed by atoms with Gasteiger partial charge in [0.2, 0.25) is 5.91 Å². The lowest BCUT2D eigenvalue weighted by atomic mass is 9.89. The van der Waals surface area contributed by atoms with E-state index < -0.39 is 0 Å². The van der Waals surface area contributed by atoms with Crippen LogP contribution in [0.5, 0.6) is 0 Å². The lowest BCUT2D eigenvalue weighted by Crippen LogP contribution is -2.15. The van der Waals surface area contributed by atoms with Crippen LogP contribution in [0, 0.1) is 12.8 Å². The van der Waals surface area contributed by atoms with Gasteiger partial charge in [0.15, 0.2) is 10.8 Å². The summed E-state index contributed by atoms with van der Waals surface area (Å²) in [4.78, 5) is 20.0. The number of thiophene rings is 1. The number of aromatic nitrogens is 4. The van der Waals surface area contributed by atoms with E-state index >= 15 is 0 Å². The van der Waals surface area contributed by atoms with Crippen molar-refractivity contribution in [2.45, 2.75) is 51.6 Å². The maximum Gasteiger partial charge on any atom is 0.234 e. The van der Waals surface area contributed by atoms with Crippen LogP contribution in [0.1, 0.15) is 42.1 Å². The van der Waals surface area contributed by atoms with Crippen molar-refractivity contribution in [3.05, 3.63) is 46.1 Å². The summed E-state index contributed by atoms with van der Waals surface area (Å²) in [5, 5.41) is 13.9. The lowest BCUT2D eigenvalue weighted by Gasteiger charge is -2.17. The quantitative estimate of drug-likeness (QED) is 0.429. The number of carbonyl (C=O) groups is 1. The van der Waals surface area contributed by atoms with Gasteiger partial charge in [-0.3, -0.25) is 9.20 Å². The van der Waals surface area contributed by atoms with E-state index in [0.717, 1.165) is 63.3 Å². The highest BCUT2D eigenvalue weighted by molar-refractivity contribution is 7.99. The van der Waals surface area contributed by atoms with Crippen LogP contribution in [-0.2, 0) is 24.1 Å². The van der Waals surface area contributed by atoms with Crippen LogP contribution >= 0.6 is 23.1 Å². The Kier molecular flexibility index (Phi) is 5.44. The van der Waals surface area contributed by atoms with E-state index in [2.05, 4.69) is 33.8 Å². The first-order valence-electron chi connectivity index (χ1n) is 10.7. The molecule has 0 radical (unpaired) electrons. The van der Waals surface area contributed by atoms with E-state index in [9.17, 15) is 4.79 Å². The van der Waals surface area contributed by atoms with Crippen molar-refractivity contribution >= 4 is 50.6 Å². The highest BCUT2D eigenvalue weighted by atomic mass is 32.2. The molecule has 3 heterocycles. The van der Waals surface area contributed by atoms with Gasteiger partial charge in [-0.1, -0.05) is 43.8 Å². The van der Waals surface area contributed by atoms with E-state index in [4.69, 9.17) is 4.98 Å². The second-order valence-electron chi connectivity index (χ2n) is 8.21. The van der Waals surface area contributed by atoms with E-state index in [-0.39, 0.29) is 11.7 Å². The standard InChI is InChI=1S/C23H25N5OS2/c1-4-18-25-22-20(15-10-9-13(2)11-17(15)31-22)21-26-27-23(28(18)21)30-12-19(29)24-16-8-6-5-7-14(16)3/h5-8,13H,4,9-12H2,1-3H3,(H,24,29). The van der Waals surface area contributed by atoms with Crippen molar-refractivity contribution in [1.29, 1.82) is 0 Å². The number of benzene rings is 1. The average Bonchev–Trinajstić information content (AvgIpc) is 3.33. The summed E-state index contributed by atoms with van der Waals surface area (Å²) in [7, 11) is 0. The second kappa shape index (κ2) is 8.24. The van der Waals surface area contributed by atoms with Crippen LogP contribution in [0.25, 0.3) is 15.9 Å². The summed E-state index contributed by atoms with van der Waals surface area (Å²) in [6, 6.07) is 7.79. The molecule has 8 heteroatoms. The Balaban J connectivity index is 1.46. The lowest BCUT2D eigenvalue weighted by molar-refractivity contribution is -0.113. The molecular weight excluding hydrogens is 426 g/mol. The number of carbonyl (C=O) groups excluding carboxylic acids is 1. The topological polar surface area (TPSA) is 72.2 Å². The van der Waals surface area contributed by atoms with Gasteiger partial charge < -0.3 is 5.32 Å². The largest absolute Gasteiger partial charge is 0.325 e. The smallest absolute Gasteiger partial charge is 0.234 e. The molecule has 4 aromatic rings. The van der Waals surface area contributed by atoms with Crippen molar-refractivity contribution in [2.75, 3.05) is 11.1 Å². The molecule has 6 nitrogen and oxygen atoms in total. The number of hydrogen-bond donors (Lipinski definition) is 1. The van der Waals surface area contributed by atoms with Crippen LogP contribution in [-0.4, -0.2) is 31.2 Å². The summed E-state index contributed by atoms with van der Waals surface area (Å²) in [5.41, 5.74) is 4.18. The van der Waals surface area contributed by atoms with E-state index in [1.54, 1.807) is 0 Å². The van der Waals surface area contributed by atoms with Crippen molar-refractivity contribution in [3.63, 3.8) is 0 Å². The molecule has 1 amide bonds. The number of aryl methyl sites for hydroxylation is 3. The number of hydrogen-bond acceptors (Lipinski definition) is 6. The number of nitrogens with one attached hydrogen (secondary N) is 1. The number of para-hydroxylation sites is 1. The van der Waals surface area contributed by atoms with Gasteiger partial charge in [-0.2, -0.15) is 0 Å². The van der Waals surface area contributed by atoms with Gasteiger partial charge >= 0.3 is 0 Å². The minimum Gasteiger partial charge on any atom is -0.325 e. The predicted octanol–water partition coefficient (Wildman–Crippen LogP) is 5.07. The first-order chi connectivity index (χ1) is 15.0.